The Bertz CT molecular complexity index is 375. The molecule has 17 heavy (non-hydrogen) atoms. The van der Waals surface area contributed by atoms with Crippen LogP contribution < -0.4 is 4.74 Å². The molecule has 0 unspecified atom stereocenters. The van der Waals surface area contributed by atoms with Crippen LogP contribution in [-0.4, -0.2) is 25.6 Å². The lowest BCUT2D eigenvalue weighted by Crippen LogP contribution is -2.40. The predicted molar refractivity (Wildman–Crippen MR) is 70.6 cm³/mol. The minimum Gasteiger partial charge on any atom is -0.480 e. The van der Waals surface area contributed by atoms with Crippen molar-refractivity contribution in [2.24, 2.45) is 0 Å². The molecule has 0 saturated carbocycles. The zero-order valence-electron chi connectivity index (χ0n) is 11.6. The summed E-state index contributed by atoms with van der Waals surface area (Å²) >= 11 is 0. The molecule has 1 aromatic heterocycles. The van der Waals surface area contributed by atoms with E-state index < -0.39 is 8.32 Å². The van der Waals surface area contributed by atoms with Gasteiger partial charge in [-0.05, 0) is 24.2 Å². The average Bonchev–Trinajstić information content (AvgIpc) is 2.25. The van der Waals surface area contributed by atoms with E-state index in [1.807, 2.05) is 6.07 Å². The van der Waals surface area contributed by atoms with Gasteiger partial charge in [0.1, 0.15) is 0 Å². The van der Waals surface area contributed by atoms with Gasteiger partial charge in [0.25, 0.3) is 0 Å². The number of ether oxygens (including phenoxy) is 1. The van der Waals surface area contributed by atoms with Crippen molar-refractivity contribution in [3.05, 3.63) is 17.8 Å². The van der Waals surface area contributed by atoms with E-state index in [0.29, 0.717) is 12.5 Å². The molecule has 1 heterocycles. The fraction of sp³-hybridized carbons (Fsp3) is 0.667. The molecule has 0 aliphatic heterocycles. The van der Waals surface area contributed by atoms with E-state index in [2.05, 4.69) is 44.1 Å². The number of aromatic nitrogens is 2. The predicted octanol–water partition coefficient (Wildman–Crippen LogP) is 3.01. The molecular weight excluding hydrogens is 232 g/mol. The van der Waals surface area contributed by atoms with Crippen LogP contribution in [0.15, 0.2) is 12.3 Å². The SMILES string of the molecule is COc1nnccc1CO[Si](C)(C)C(C)(C)C. The van der Waals surface area contributed by atoms with Gasteiger partial charge in [-0.3, -0.25) is 0 Å². The van der Waals surface area contributed by atoms with Crippen LogP contribution >= 0.6 is 0 Å². The van der Waals surface area contributed by atoms with Gasteiger partial charge in [-0.2, -0.15) is 5.10 Å². The molecule has 96 valence electrons. The number of hydrogen-bond donors (Lipinski definition) is 0. The third-order valence-corrected chi connectivity index (χ3v) is 7.83. The lowest BCUT2D eigenvalue weighted by molar-refractivity contribution is 0.267. The van der Waals surface area contributed by atoms with Crippen LogP contribution in [0.4, 0.5) is 0 Å². The molecule has 1 rings (SSSR count). The van der Waals surface area contributed by atoms with Gasteiger partial charge in [0.05, 0.1) is 19.9 Å². The molecule has 4 nitrogen and oxygen atoms in total. The molecule has 0 aromatic carbocycles. The molecule has 0 saturated heterocycles. The summed E-state index contributed by atoms with van der Waals surface area (Å²) in [7, 11) is -0.130. The first-order chi connectivity index (χ1) is 7.78. The smallest absolute Gasteiger partial charge is 0.238 e. The Morgan fingerprint density at radius 1 is 1.29 bits per heavy atom. The molecule has 0 aliphatic carbocycles. The Kier molecular flexibility index (Phi) is 4.27. The van der Waals surface area contributed by atoms with Gasteiger partial charge in [0.15, 0.2) is 8.32 Å². The van der Waals surface area contributed by atoms with Gasteiger partial charge in [0, 0.05) is 5.56 Å². The highest BCUT2D eigenvalue weighted by molar-refractivity contribution is 6.74. The normalized spacial score (nSPS) is 12.6. The summed E-state index contributed by atoms with van der Waals surface area (Å²) < 4.78 is 11.3. The molecule has 0 amide bonds. The van der Waals surface area contributed by atoms with Crippen LogP contribution in [0.1, 0.15) is 26.3 Å². The van der Waals surface area contributed by atoms with E-state index in [1.165, 1.54) is 0 Å². The molecule has 0 N–H and O–H groups in total. The zero-order chi connectivity index (χ0) is 13.1. The van der Waals surface area contributed by atoms with Gasteiger partial charge in [-0.15, -0.1) is 5.10 Å². The number of hydrogen-bond acceptors (Lipinski definition) is 4. The van der Waals surface area contributed by atoms with Crippen LogP contribution in [-0.2, 0) is 11.0 Å². The van der Waals surface area contributed by atoms with Crippen LogP contribution in [0.3, 0.4) is 0 Å². The monoisotopic (exact) mass is 254 g/mol. The van der Waals surface area contributed by atoms with Gasteiger partial charge in [-0.25, -0.2) is 0 Å². The first kappa shape index (κ1) is 14.1. The Morgan fingerprint density at radius 3 is 2.47 bits per heavy atom. The number of methoxy groups -OCH3 is 1. The van der Waals surface area contributed by atoms with Crippen molar-refractivity contribution < 1.29 is 9.16 Å². The Balaban J connectivity index is 2.74. The van der Waals surface area contributed by atoms with Crippen molar-refractivity contribution in [1.29, 1.82) is 0 Å². The van der Waals surface area contributed by atoms with Crippen molar-refractivity contribution in [2.75, 3.05) is 7.11 Å². The molecule has 1 aromatic rings. The minimum absolute atomic E-state index is 0.209. The molecule has 0 atom stereocenters. The van der Waals surface area contributed by atoms with Gasteiger partial charge in [0.2, 0.25) is 5.88 Å². The fourth-order valence-electron chi connectivity index (χ4n) is 1.10. The Hall–Kier alpha value is -0.943. The third-order valence-electron chi connectivity index (χ3n) is 3.35. The first-order valence-electron chi connectivity index (χ1n) is 5.76. The number of nitrogens with zero attached hydrogens (tertiary/aromatic N) is 2. The molecular formula is C12H22N2O2Si. The summed E-state index contributed by atoms with van der Waals surface area (Å²) in [6, 6.07) is 1.89. The van der Waals surface area contributed by atoms with Gasteiger partial charge in [-0.1, -0.05) is 20.8 Å². The maximum atomic E-state index is 6.11. The van der Waals surface area contributed by atoms with Crippen molar-refractivity contribution in [3.63, 3.8) is 0 Å². The zero-order valence-corrected chi connectivity index (χ0v) is 12.6. The maximum absolute atomic E-state index is 6.11. The van der Waals surface area contributed by atoms with E-state index >= 15 is 0 Å². The maximum Gasteiger partial charge on any atom is 0.238 e. The van der Waals surface area contributed by atoms with Crippen LogP contribution in [0.5, 0.6) is 5.88 Å². The summed E-state index contributed by atoms with van der Waals surface area (Å²) in [6.07, 6.45) is 1.66. The van der Waals surface area contributed by atoms with Gasteiger partial charge < -0.3 is 9.16 Å². The van der Waals surface area contributed by atoms with Crippen LogP contribution in [0.25, 0.3) is 0 Å². The average molecular weight is 254 g/mol. The molecule has 0 fully saturated rings. The van der Waals surface area contributed by atoms with E-state index in [9.17, 15) is 0 Å². The highest BCUT2D eigenvalue weighted by Crippen LogP contribution is 2.37. The van der Waals surface area contributed by atoms with Crippen molar-refractivity contribution in [3.8, 4) is 5.88 Å². The summed E-state index contributed by atoms with van der Waals surface area (Å²) in [5.74, 6) is 0.547. The van der Waals surface area contributed by atoms with E-state index in [0.717, 1.165) is 5.56 Å². The Morgan fingerprint density at radius 2 is 1.94 bits per heavy atom. The molecule has 0 radical (unpaired) electrons. The summed E-state index contributed by atoms with van der Waals surface area (Å²) in [5.41, 5.74) is 0.951. The van der Waals surface area contributed by atoms with Crippen molar-refractivity contribution in [2.45, 2.75) is 45.5 Å². The summed E-state index contributed by atoms with van der Waals surface area (Å²) in [4.78, 5) is 0. The first-order valence-corrected chi connectivity index (χ1v) is 8.67. The second kappa shape index (κ2) is 5.14. The molecule has 0 aliphatic rings. The lowest BCUT2D eigenvalue weighted by atomic mass is 10.2. The highest BCUT2D eigenvalue weighted by atomic mass is 28.4. The fourth-order valence-corrected chi connectivity index (χ4v) is 2.05. The topological polar surface area (TPSA) is 44.2 Å². The van der Waals surface area contributed by atoms with Crippen molar-refractivity contribution >= 4 is 8.32 Å². The minimum atomic E-state index is -1.73. The van der Waals surface area contributed by atoms with E-state index in [4.69, 9.17) is 9.16 Å². The summed E-state index contributed by atoms with van der Waals surface area (Å²) in [5, 5.41) is 7.92. The van der Waals surface area contributed by atoms with Crippen LogP contribution in [0, 0.1) is 0 Å². The lowest BCUT2D eigenvalue weighted by Gasteiger charge is -2.36. The number of rotatable bonds is 4. The second-order valence-corrected chi connectivity index (χ2v) is 10.4. The van der Waals surface area contributed by atoms with E-state index in [-0.39, 0.29) is 5.04 Å². The summed E-state index contributed by atoms with van der Waals surface area (Å²) in [6.45, 7) is 11.7. The third kappa shape index (κ3) is 3.51. The molecule has 0 spiro atoms. The standard InChI is InChI=1S/C12H22N2O2Si/c1-12(2,3)17(5,6)16-9-10-7-8-13-14-11(10)15-4/h7-8H,9H2,1-6H3. The van der Waals surface area contributed by atoms with Crippen molar-refractivity contribution in [1.82, 2.24) is 10.2 Å². The molecule has 0 bridgehead atoms. The largest absolute Gasteiger partial charge is 0.480 e. The van der Waals surface area contributed by atoms with E-state index in [1.54, 1.807) is 13.3 Å². The van der Waals surface area contributed by atoms with Crippen LogP contribution in [0.2, 0.25) is 18.1 Å². The highest BCUT2D eigenvalue weighted by Gasteiger charge is 2.37. The Labute approximate surface area is 104 Å². The molecule has 5 heteroatoms. The van der Waals surface area contributed by atoms with Gasteiger partial charge >= 0.3 is 0 Å². The second-order valence-electron chi connectivity index (χ2n) is 5.61. The quantitative estimate of drug-likeness (QED) is 0.775.